The van der Waals surface area contributed by atoms with Gasteiger partial charge >= 0.3 is 0 Å². The number of anilines is 2. The quantitative estimate of drug-likeness (QED) is 0.158. The van der Waals surface area contributed by atoms with Gasteiger partial charge in [-0.1, -0.05) is 46.0 Å². The van der Waals surface area contributed by atoms with Crippen LogP contribution in [0.2, 0.25) is 0 Å². The molecule has 5 nitrogen and oxygen atoms in total. The van der Waals surface area contributed by atoms with Gasteiger partial charge in [0.1, 0.15) is 5.75 Å². The molecule has 0 saturated carbocycles. The molecule has 2 aromatic heterocycles. The molecule has 0 spiro atoms. The lowest BCUT2D eigenvalue weighted by atomic mass is 10.1. The van der Waals surface area contributed by atoms with Crippen LogP contribution in [0.5, 0.6) is 5.75 Å². The summed E-state index contributed by atoms with van der Waals surface area (Å²) >= 11 is 1.57. The molecule has 164 valence electrons. The normalized spacial score (nSPS) is 11.2. The number of ether oxygens (including phenoxy) is 1. The van der Waals surface area contributed by atoms with Crippen LogP contribution >= 0.6 is 11.3 Å². The Balaban J connectivity index is 1.62. The van der Waals surface area contributed by atoms with Gasteiger partial charge in [-0.2, -0.15) is 5.10 Å². The highest BCUT2D eigenvalue weighted by Crippen LogP contribution is 2.33. The van der Waals surface area contributed by atoms with Crippen molar-refractivity contribution in [3.05, 3.63) is 54.2 Å². The van der Waals surface area contributed by atoms with Crippen LogP contribution in [0.1, 0.15) is 58.8 Å². The Kier molecular flexibility index (Phi) is 9.51. The van der Waals surface area contributed by atoms with Gasteiger partial charge in [-0.25, -0.2) is 9.99 Å². The molecule has 3 rings (SSSR count). The van der Waals surface area contributed by atoms with Gasteiger partial charge in [0.05, 0.1) is 18.0 Å². The summed E-state index contributed by atoms with van der Waals surface area (Å²) in [7, 11) is 0. The second-order valence-electron chi connectivity index (χ2n) is 7.39. The van der Waals surface area contributed by atoms with E-state index in [1.807, 2.05) is 59.2 Å². The van der Waals surface area contributed by atoms with Crippen molar-refractivity contribution in [2.75, 3.05) is 11.6 Å². The van der Waals surface area contributed by atoms with E-state index in [4.69, 9.17) is 9.72 Å². The number of pyridine rings is 1. The Morgan fingerprint density at radius 3 is 2.58 bits per heavy atom. The minimum atomic E-state index is 0.768. The van der Waals surface area contributed by atoms with E-state index in [1.54, 1.807) is 17.5 Å². The maximum Gasteiger partial charge on any atom is 0.211 e. The summed E-state index contributed by atoms with van der Waals surface area (Å²) in [6, 6.07) is 12.0. The first-order chi connectivity index (χ1) is 15.3. The highest BCUT2D eigenvalue weighted by atomic mass is 32.1. The summed E-state index contributed by atoms with van der Waals surface area (Å²) in [5, 5.41) is 9.37. The molecule has 3 aromatic rings. The maximum absolute atomic E-state index is 5.92. The second-order valence-corrected chi connectivity index (χ2v) is 8.22. The van der Waals surface area contributed by atoms with Crippen molar-refractivity contribution >= 4 is 28.4 Å². The van der Waals surface area contributed by atoms with Gasteiger partial charge in [-0.05, 0) is 49.2 Å². The smallest absolute Gasteiger partial charge is 0.211 e. The summed E-state index contributed by atoms with van der Waals surface area (Å²) < 4.78 is 5.92. The van der Waals surface area contributed by atoms with E-state index in [2.05, 4.69) is 23.9 Å². The van der Waals surface area contributed by atoms with Crippen LogP contribution in [0.25, 0.3) is 11.3 Å². The molecular formula is C25H32N4OS. The van der Waals surface area contributed by atoms with Gasteiger partial charge in [-0.15, -0.1) is 11.3 Å². The van der Waals surface area contributed by atoms with Crippen molar-refractivity contribution in [1.82, 2.24) is 9.97 Å². The first kappa shape index (κ1) is 22.9. The van der Waals surface area contributed by atoms with Crippen molar-refractivity contribution in [2.24, 2.45) is 5.10 Å². The predicted molar refractivity (Wildman–Crippen MR) is 132 cm³/mol. The molecule has 0 saturated heterocycles. The van der Waals surface area contributed by atoms with Crippen molar-refractivity contribution in [1.29, 1.82) is 0 Å². The summed E-state index contributed by atoms with van der Waals surface area (Å²) in [5.74, 6) is 0.895. The number of unbranched alkanes of at least 4 members (excludes halogenated alkanes) is 5. The maximum atomic E-state index is 5.92. The van der Waals surface area contributed by atoms with E-state index in [0.717, 1.165) is 47.3 Å². The van der Waals surface area contributed by atoms with Crippen LogP contribution in [0.4, 0.5) is 10.8 Å². The third kappa shape index (κ3) is 7.17. The van der Waals surface area contributed by atoms with Crippen LogP contribution in [0.15, 0.2) is 59.3 Å². The number of hydrazone groups is 1. The number of thiazole rings is 1. The van der Waals surface area contributed by atoms with Crippen LogP contribution in [-0.2, 0) is 0 Å². The Hall–Kier alpha value is -2.73. The summed E-state index contributed by atoms with van der Waals surface area (Å²) in [4.78, 5) is 8.97. The minimum absolute atomic E-state index is 0.768. The number of benzene rings is 1. The molecule has 6 heteroatoms. The lowest BCUT2D eigenvalue weighted by Crippen LogP contribution is -2.09. The van der Waals surface area contributed by atoms with Crippen LogP contribution in [0.3, 0.4) is 0 Å². The van der Waals surface area contributed by atoms with E-state index in [9.17, 15) is 0 Å². The lowest BCUT2D eigenvalue weighted by molar-refractivity contribution is 0.304. The molecule has 2 heterocycles. The molecule has 0 aliphatic carbocycles. The minimum Gasteiger partial charge on any atom is -0.494 e. The van der Waals surface area contributed by atoms with Crippen LogP contribution in [0, 0.1) is 0 Å². The van der Waals surface area contributed by atoms with Crippen molar-refractivity contribution < 1.29 is 4.74 Å². The van der Waals surface area contributed by atoms with Gasteiger partial charge in [0.25, 0.3) is 0 Å². The topological polar surface area (TPSA) is 50.6 Å². The fourth-order valence-corrected chi connectivity index (χ4v) is 3.96. The van der Waals surface area contributed by atoms with E-state index < -0.39 is 0 Å². The van der Waals surface area contributed by atoms with Gasteiger partial charge < -0.3 is 4.74 Å². The zero-order valence-corrected chi connectivity index (χ0v) is 19.4. The fraction of sp³-hybridized carbons (Fsp3) is 0.400. The monoisotopic (exact) mass is 436 g/mol. The van der Waals surface area contributed by atoms with Gasteiger partial charge in [0.2, 0.25) is 5.13 Å². The molecule has 0 aliphatic rings. The molecule has 0 bridgehead atoms. The van der Waals surface area contributed by atoms with Crippen molar-refractivity contribution in [3.8, 4) is 17.0 Å². The molecule has 0 fully saturated rings. The van der Waals surface area contributed by atoms with Crippen LogP contribution in [-0.4, -0.2) is 22.8 Å². The number of aromatic nitrogens is 2. The van der Waals surface area contributed by atoms with Crippen molar-refractivity contribution in [3.63, 3.8) is 0 Å². The molecule has 31 heavy (non-hydrogen) atoms. The molecule has 0 unspecified atom stereocenters. The number of hydrogen-bond acceptors (Lipinski definition) is 6. The van der Waals surface area contributed by atoms with Gasteiger partial charge in [0, 0.05) is 29.6 Å². The average molecular weight is 437 g/mol. The summed E-state index contributed by atoms with van der Waals surface area (Å²) in [6.45, 7) is 5.09. The highest BCUT2D eigenvalue weighted by Gasteiger charge is 2.14. The van der Waals surface area contributed by atoms with E-state index in [1.165, 1.54) is 32.1 Å². The second kappa shape index (κ2) is 12.8. The molecule has 0 atom stereocenters. The largest absolute Gasteiger partial charge is 0.494 e. The molecule has 0 aliphatic heterocycles. The molecule has 1 aromatic carbocycles. The molecule has 0 amide bonds. The SMILES string of the molecule is CCC=NN(c1ccc(OCCCCCCCC)cc1)c1nc(-c2cccnc2)cs1. The Labute approximate surface area is 189 Å². The average Bonchev–Trinajstić information content (AvgIpc) is 3.30. The third-order valence-corrected chi connectivity index (χ3v) is 5.67. The first-order valence-corrected chi connectivity index (χ1v) is 12.1. The molecule has 0 radical (unpaired) electrons. The molecular weight excluding hydrogens is 404 g/mol. The van der Waals surface area contributed by atoms with Gasteiger partial charge in [0.15, 0.2) is 0 Å². The van der Waals surface area contributed by atoms with E-state index in [0.29, 0.717) is 0 Å². The fourth-order valence-electron chi connectivity index (χ4n) is 3.15. The summed E-state index contributed by atoms with van der Waals surface area (Å²) in [5.41, 5.74) is 2.87. The third-order valence-electron chi connectivity index (χ3n) is 4.86. The zero-order valence-electron chi connectivity index (χ0n) is 18.5. The zero-order chi connectivity index (χ0) is 21.7. The van der Waals surface area contributed by atoms with Crippen LogP contribution < -0.4 is 9.75 Å². The van der Waals surface area contributed by atoms with Gasteiger partial charge in [-0.3, -0.25) is 4.98 Å². The molecule has 0 N–H and O–H groups in total. The number of rotatable bonds is 13. The first-order valence-electron chi connectivity index (χ1n) is 11.2. The van der Waals surface area contributed by atoms with Crippen molar-refractivity contribution in [2.45, 2.75) is 58.8 Å². The van der Waals surface area contributed by atoms with E-state index in [-0.39, 0.29) is 0 Å². The predicted octanol–water partition coefficient (Wildman–Crippen LogP) is 7.48. The Morgan fingerprint density at radius 2 is 1.84 bits per heavy atom. The Bertz CT molecular complexity index is 909. The summed E-state index contributed by atoms with van der Waals surface area (Å²) in [6.07, 6.45) is 13.9. The lowest BCUT2D eigenvalue weighted by Gasteiger charge is -2.16. The number of nitrogens with zero attached hydrogens (tertiary/aromatic N) is 4. The standard InChI is InChI=1S/C25H32N4OS/c1-3-5-6-7-8-9-18-30-23-14-12-22(13-15-23)29(27-16-4-2)25-28-24(20-31-25)21-11-10-17-26-19-21/h10-17,19-20H,3-9,18H2,1-2H3. The Morgan fingerprint density at radius 1 is 1.03 bits per heavy atom. The number of hydrogen-bond donors (Lipinski definition) is 0. The van der Waals surface area contributed by atoms with E-state index >= 15 is 0 Å². The highest BCUT2D eigenvalue weighted by molar-refractivity contribution is 7.14.